The molecule has 132 valence electrons. The molecule has 3 rings (SSSR count). The number of nitrogens with one attached hydrogen (secondary N) is 1. The van der Waals surface area contributed by atoms with Crippen LogP contribution in [-0.2, 0) is 4.79 Å². The topological polar surface area (TPSA) is 45.2 Å². The van der Waals surface area contributed by atoms with Gasteiger partial charge in [-0.3, -0.25) is 9.78 Å². The van der Waals surface area contributed by atoms with Gasteiger partial charge < -0.3 is 10.2 Å². The second-order valence-electron chi connectivity index (χ2n) is 6.72. The van der Waals surface area contributed by atoms with E-state index in [1.165, 1.54) is 24.0 Å². The van der Waals surface area contributed by atoms with Crippen molar-refractivity contribution >= 4 is 11.6 Å². The number of benzene rings is 1. The van der Waals surface area contributed by atoms with Gasteiger partial charge in [-0.1, -0.05) is 31.0 Å². The molecule has 0 unspecified atom stereocenters. The molecule has 4 heteroatoms. The highest BCUT2D eigenvalue weighted by molar-refractivity contribution is 5.77. The van der Waals surface area contributed by atoms with Gasteiger partial charge in [0, 0.05) is 37.6 Å². The van der Waals surface area contributed by atoms with E-state index in [1.54, 1.807) is 0 Å². The SMILES string of the molecule is Cc1ccccc1NCCC(=O)N1CCCCC[C@@H]1c1ccncc1. The van der Waals surface area contributed by atoms with Crippen LogP contribution in [0.5, 0.6) is 0 Å². The first-order chi connectivity index (χ1) is 12.3. The Kier molecular flexibility index (Phi) is 6.04. The number of carbonyl (C=O) groups excluding carboxylic acids is 1. The first-order valence-corrected chi connectivity index (χ1v) is 9.24. The lowest BCUT2D eigenvalue weighted by Gasteiger charge is -2.30. The average Bonchev–Trinajstić information content (AvgIpc) is 2.90. The average molecular weight is 337 g/mol. The van der Waals surface area contributed by atoms with E-state index in [-0.39, 0.29) is 11.9 Å². The monoisotopic (exact) mass is 337 g/mol. The van der Waals surface area contributed by atoms with E-state index >= 15 is 0 Å². The highest BCUT2D eigenvalue weighted by Gasteiger charge is 2.26. The van der Waals surface area contributed by atoms with E-state index in [4.69, 9.17) is 0 Å². The van der Waals surface area contributed by atoms with Gasteiger partial charge in [0.15, 0.2) is 0 Å². The van der Waals surface area contributed by atoms with Crippen molar-refractivity contribution in [3.63, 3.8) is 0 Å². The van der Waals surface area contributed by atoms with E-state index in [9.17, 15) is 4.79 Å². The third-order valence-corrected chi connectivity index (χ3v) is 4.96. The van der Waals surface area contributed by atoms with Crippen LogP contribution >= 0.6 is 0 Å². The van der Waals surface area contributed by atoms with Gasteiger partial charge in [-0.15, -0.1) is 0 Å². The summed E-state index contributed by atoms with van der Waals surface area (Å²) in [7, 11) is 0. The number of hydrogen-bond acceptors (Lipinski definition) is 3. The fraction of sp³-hybridized carbons (Fsp3) is 0.429. The number of anilines is 1. The third kappa shape index (κ3) is 4.59. The molecule has 0 aliphatic carbocycles. The lowest BCUT2D eigenvalue weighted by Crippen LogP contribution is -2.35. The van der Waals surface area contributed by atoms with Crippen molar-refractivity contribution in [2.45, 2.75) is 45.1 Å². The summed E-state index contributed by atoms with van der Waals surface area (Å²) in [6, 6.07) is 12.5. The van der Waals surface area contributed by atoms with Gasteiger partial charge in [0.05, 0.1) is 6.04 Å². The van der Waals surface area contributed by atoms with Gasteiger partial charge in [0.25, 0.3) is 0 Å². The Balaban J connectivity index is 1.63. The normalized spacial score (nSPS) is 17.8. The second-order valence-corrected chi connectivity index (χ2v) is 6.72. The molecular formula is C21H27N3O. The van der Waals surface area contributed by atoms with Crippen LogP contribution in [0.2, 0.25) is 0 Å². The molecule has 0 spiro atoms. The van der Waals surface area contributed by atoms with Crippen LogP contribution in [0, 0.1) is 6.92 Å². The molecule has 1 saturated heterocycles. The molecule has 1 atom stereocenters. The molecule has 25 heavy (non-hydrogen) atoms. The van der Waals surface area contributed by atoms with Gasteiger partial charge in [-0.25, -0.2) is 0 Å². The zero-order chi connectivity index (χ0) is 17.5. The smallest absolute Gasteiger partial charge is 0.224 e. The van der Waals surface area contributed by atoms with Crippen molar-refractivity contribution < 1.29 is 4.79 Å². The molecule has 1 amide bonds. The Bertz CT molecular complexity index is 687. The van der Waals surface area contributed by atoms with Crippen molar-refractivity contribution in [3.05, 3.63) is 59.9 Å². The van der Waals surface area contributed by atoms with Crippen molar-refractivity contribution in [3.8, 4) is 0 Å². The van der Waals surface area contributed by atoms with Crippen LogP contribution in [0.25, 0.3) is 0 Å². The number of amides is 1. The highest BCUT2D eigenvalue weighted by Crippen LogP contribution is 2.30. The number of likely N-dealkylation sites (tertiary alicyclic amines) is 1. The lowest BCUT2D eigenvalue weighted by molar-refractivity contribution is -0.133. The van der Waals surface area contributed by atoms with Crippen LogP contribution in [0.15, 0.2) is 48.8 Å². The van der Waals surface area contributed by atoms with Gasteiger partial charge in [0.2, 0.25) is 5.91 Å². The van der Waals surface area contributed by atoms with Gasteiger partial charge in [0.1, 0.15) is 0 Å². The van der Waals surface area contributed by atoms with E-state index in [0.29, 0.717) is 13.0 Å². The van der Waals surface area contributed by atoms with Crippen molar-refractivity contribution in [1.29, 1.82) is 0 Å². The maximum absolute atomic E-state index is 12.9. The molecule has 2 heterocycles. The van der Waals surface area contributed by atoms with Crippen LogP contribution in [0.4, 0.5) is 5.69 Å². The molecule has 1 aliphatic rings. The highest BCUT2D eigenvalue weighted by atomic mass is 16.2. The molecule has 1 fully saturated rings. The van der Waals surface area contributed by atoms with E-state index < -0.39 is 0 Å². The Morgan fingerprint density at radius 3 is 2.76 bits per heavy atom. The Morgan fingerprint density at radius 1 is 1.16 bits per heavy atom. The summed E-state index contributed by atoms with van der Waals surface area (Å²) in [5, 5.41) is 3.40. The molecule has 1 N–H and O–H groups in total. The summed E-state index contributed by atoms with van der Waals surface area (Å²) in [5.41, 5.74) is 3.52. The molecular weight excluding hydrogens is 310 g/mol. The summed E-state index contributed by atoms with van der Waals surface area (Å²) in [6.45, 7) is 3.61. The zero-order valence-electron chi connectivity index (χ0n) is 14.9. The fourth-order valence-electron chi connectivity index (χ4n) is 3.56. The van der Waals surface area contributed by atoms with Crippen LogP contribution in [-0.4, -0.2) is 28.9 Å². The number of nitrogens with zero attached hydrogens (tertiary/aromatic N) is 2. The molecule has 0 bridgehead atoms. The molecule has 4 nitrogen and oxygen atoms in total. The first-order valence-electron chi connectivity index (χ1n) is 9.24. The molecule has 0 saturated carbocycles. The number of carbonyl (C=O) groups is 1. The maximum atomic E-state index is 12.9. The first kappa shape index (κ1) is 17.5. The van der Waals surface area contributed by atoms with E-state index in [2.05, 4.69) is 34.3 Å². The van der Waals surface area contributed by atoms with E-state index in [0.717, 1.165) is 25.1 Å². The number of aromatic nitrogens is 1. The molecule has 1 aliphatic heterocycles. The lowest BCUT2D eigenvalue weighted by atomic mass is 10.0. The van der Waals surface area contributed by atoms with Gasteiger partial charge in [-0.2, -0.15) is 0 Å². The predicted molar refractivity (Wildman–Crippen MR) is 101 cm³/mol. The Labute approximate surface area is 150 Å². The quantitative estimate of drug-likeness (QED) is 0.883. The largest absolute Gasteiger partial charge is 0.384 e. The van der Waals surface area contributed by atoms with Crippen molar-refractivity contribution in [2.24, 2.45) is 0 Å². The third-order valence-electron chi connectivity index (χ3n) is 4.96. The summed E-state index contributed by atoms with van der Waals surface area (Å²) < 4.78 is 0. The number of hydrogen-bond donors (Lipinski definition) is 1. The van der Waals surface area contributed by atoms with Crippen LogP contribution in [0.3, 0.4) is 0 Å². The zero-order valence-corrected chi connectivity index (χ0v) is 14.9. The summed E-state index contributed by atoms with van der Waals surface area (Å²) in [5.74, 6) is 0.241. The van der Waals surface area contributed by atoms with Gasteiger partial charge in [-0.05, 0) is 49.1 Å². The summed E-state index contributed by atoms with van der Waals surface area (Å²) in [4.78, 5) is 19.1. The van der Waals surface area contributed by atoms with Crippen molar-refractivity contribution in [2.75, 3.05) is 18.4 Å². The molecule has 1 aromatic carbocycles. The summed E-state index contributed by atoms with van der Waals surface area (Å²) in [6.07, 6.45) is 8.69. The number of pyridine rings is 1. The van der Waals surface area contributed by atoms with Crippen molar-refractivity contribution in [1.82, 2.24) is 9.88 Å². The second kappa shape index (κ2) is 8.65. The minimum absolute atomic E-state index is 0.191. The Hall–Kier alpha value is -2.36. The Morgan fingerprint density at radius 2 is 1.96 bits per heavy atom. The number of aryl methyl sites for hydroxylation is 1. The minimum Gasteiger partial charge on any atom is -0.384 e. The summed E-state index contributed by atoms with van der Waals surface area (Å²) >= 11 is 0. The molecule has 1 aromatic heterocycles. The van der Waals surface area contributed by atoms with Gasteiger partial charge >= 0.3 is 0 Å². The minimum atomic E-state index is 0.191. The van der Waals surface area contributed by atoms with E-state index in [1.807, 2.05) is 36.7 Å². The molecule has 2 aromatic rings. The fourth-order valence-corrected chi connectivity index (χ4v) is 3.56. The predicted octanol–water partition coefficient (Wildman–Crippen LogP) is 4.34. The van der Waals surface area contributed by atoms with Crippen LogP contribution in [0.1, 0.15) is 49.3 Å². The molecule has 0 radical (unpaired) electrons. The standard InChI is InChI=1S/C21H27N3O/c1-17-7-4-5-8-19(17)23-15-12-21(25)24-16-6-2-3-9-20(24)18-10-13-22-14-11-18/h4-5,7-8,10-11,13-14,20,23H,2-3,6,9,12,15-16H2,1H3/t20-/m1/s1. The van der Waals surface area contributed by atoms with Crippen LogP contribution < -0.4 is 5.32 Å². The maximum Gasteiger partial charge on any atom is 0.224 e. The number of rotatable bonds is 5. The number of para-hydroxylation sites is 1.